The molecule has 1 fully saturated rings. The van der Waals surface area contributed by atoms with E-state index in [2.05, 4.69) is 25.7 Å². The Balaban J connectivity index is 2.71. The smallest absolute Gasteiger partial charge is 0.0615 e. The Hall–Kier alpha value is -0.120. The normalized spacial score (nSPS) is 30.7. The van der Waals surface area contributed by atoms with Gasteiger partial charge in [-0.1, -0.05) is 26.7 Å². The van der Waals surface area contributed by atoms with Crippen LogP contribution in [-0.4, -0.2) is 43.8 Å². The summed E-state index contributed by atoms with van der Waals surface area (Å²) in [5.74, 6) is 1.56. The Morgan fingerprint density at radius 3 is 2.56 bits per heavy atom. The van der Waals surface area contributed by atoms with Crippen molar-refractivity contribution in [3.8, 4) is 0 Å². The molecule has 0 aromatic carbocycles. The lowest BCUT2D eigenvalue weighted by atomic mass is 9.76. The molecule has 3 heteroatoms. The lowest BCUT2D eigenvalue weighted by Crippen LogP contribution is -2.51. The van der Waals surface area contributed by atoms with E-state index in [9.17, 15) is 0 Å². The van der Waals surface area contributed by atoms with Crippen LogP contribution in [0.2, 0.25) is 0 Å². The number of likely N-dealkylation sites (N-methyl/N-ethyl adjacent to an activating group) is 1. The molecule has 0 aromatic rings. The first-order valence-electron chi connectivity index (χ1n) is 7.62. The number of hydrogen-bond donors (Lipinski definition) is 1. The summed E-state index contributed by atoms with van der Waals surface area (Å²) in [7, 11) is 1.79. The Kier molecular flexibility index (Phi) is 7.20. The number of nitrogens with zero attached hydrogens (tertiary/aromatic N) is 1. The van der Waals surface area contributed by atoms with E-state index in [0.29, 0.717) is 18.0 Å². The molecular formula is C15H32N2O. The highest BCUT2D eigenvalue weighted by Crippen LogP contribution is 2.34. The molecule has 3 nitrogen and oxygen atoms in total. The highest BCUT2D eigenvalue weighted by Gasteiger charge is 2.34. The van der Waals surface area contributed by atoms with Gasteiger partial charge in [-0.05, 0) is 44.7 Å². The van der Waals surface area contributed by atoms with Crippen molar-refractivity contribution in [3.05, 3.63) is 0 Å². The molecule has 0 radical (unpaired) electrons. The number of methoxy groups -OCH3 is 1. The number of nitrogens with two attached hydrogens (primary N) is 1. The van der Waals surface area contributed by atoms with Gasteiger partial charge in [0.2, 0.25) is 0 Å². The van der Waals surface area contributed by atoms with Crippen molar-refractivity contribution in [2.75, 3.05) is 26.8 Å². The van der Waals surface area contributed by atoms with Gasteiger partial charge in [0, 0.05) is 19.2 Å². The van der Waals surface area contributed by atoms with Crippen LogP contribution in [0, 0.1) is 11.8 Å². The molecule has 2 N–H and O–H groups in total. The van der Waals surface area contributed by atoms with E-state index in [-0.39, 0.29) is 0 Å². The molecule has 1 aliphatic carbocycles. The minimum Gasteiger partial charge on any atom is -0.383 e. The number of hydrogen-bond acceptors (Lipinski definition) is 3. The summed E-state index contributed by atoms with van der Waals surface area (Å²) < 4.78 is 5.33. The second-order valence-electron chi connectivity index (χ2n) is 5.79. The number of rotatable bonds is 7. The van der Waals surface area contributed by atoms with E-state index in [1.165, 1.54) is 25.7 Å². The molecule has 0 bridgehead atoms. The van der Waals surface area contributed by atoms with Crippen molar-refractivity contribution in [1.29, 1.82) is 0 Å². The van der Waals surface area contributed by atoms with Crippen LogP contribution >= 0.6 is 0 Å². The van der Waals surface area contributed by atoms with Crippen LogP contribution in [0.15, 0.2) is 0 Å². The van der Waals surface area contributed by atoms with E-state index >= 15 is 0 Å². The van der Waals surface area contributed by atoms with E-state index in [1.54, 1.807) is 7.11 Å². The van der Waals surface area contributed by atoms with Crippen molar-refractivity contribution in [3.63, 3.8) is 0 Å². The zero-order valence-corrected chi connectivity index (χ0v) is 12.7. The van der Waals surface area contributed by atoms with Crippen molar-refractivity contribution < 1.29 is 4.74 Å². The molecule has 0 saturated heterocycles. The van der Waals surface area contributed by atoms with Crippen LogP contribution in [0.4, 0.5) is 0 Å². The summed E-state index contributed by atoms with van der Waals surface area (Å²) in [5, 5.41) is 0. The summed E-state index contributed by atoms with van der Waals surface area (Å²) in [6.07, 6.45) is 5.30. The molecule has 1 saturated carbocycles. The number of ether oxygens (including phenoxy) is 1. The van der Waals surface area contributed by atoms with Gasteiger partial charge in [0.05, 0.1) is 6.61 Å². The second-order valence-corrected chi connectivity index (χ2v) is 5.79. The van der Waals surface area contributed by atoms with Gasteiger partial charge in [-0.3, -0.25) is 4.90 Å². The minimum absolute atomic E-state index is 0.495. The third-order valence-corrected chi connectivity index (χ3v) is 4.71. The molecule has 18 heavy (non-hydrogen) atoms. The maximum Gasteiger partial charge on any atom is 0.0615 e. The van der Waals surface area contributed by atoms with Crippen LogP contribution in [-0.2, 0) is 4.74 Å². The van der Waals surface area contributed by atoms with Crippen LogP contribution in [0.1, 0.15) is 46.5 Å². The highest BCUT2D eigenvalue weighted by atomic mass is 16.5. The van der Waals surface area contributed by atoms with Crippen LogP contribution < -0.4 is 5.73 Å². The fraction of sp³-hybridized carbons (Fsp3) is 1.00. The zero-order valence-electron chi connectivity index (χ0n) is 12.7. The predicted octanol–water partition coefficient (Wildman–Crippen LogP) is 2.50. The van der Waals surface area contributed by atoms with Gasteiger partial charge in [0.1, 0.15) is 0 Å². The van der Waals surface area contributed by atoms with Crippen molar-refractivity contribution in [2.24, 2.45) is 17.6 Å². The van der Waals surface area contributed by atoms with Crippen LogP contribution in [0.5, 0.6) is 0 Å². The Morgan fingerprint density at radius 2 is 2.06 bits per heavy atom. The third kappa shape index (κ3) is 3.94. The molecule has 0 spiro atoms. The first-order valence-corrected chi connectivity index (χ1v) is 7.62. The maximum absolute atomic E-state index is 5.99. The average Bonchev–Trinajstić information content (AvgIpc) is 2.39. The summed E-state index contributed by atoms with van der Waals surface area (Å²) in [6, 6.07) is 1.15. The first-order chi connectivity index (χ1) is 8.67. The highest BCUT2D eigenvalue weighted by molar-refractivity contribution is 4.88. The largest absolute Gasteiger partial charge is 0.383 e. The lowest BCUT2D eigenvalue weighted by molar-refractivity contribution is 0.0229. The molecule has 108 valence electrons. The van der Waals surface area contributed by atoms with E-state index in [1.807, 2.05) is 0 Å². The fourth-order valence-electron chi connectivity index (χ4n) is 3.56. The van der Waals surface area contributed by atoms with Crippen LogP contribution in [0.25, 0.3) is 0 Å². The van der Waals surface area contributed by atoms with Crippen molar-refractivity contribution in [1.82, 2.24) is 4.90 Å². The van der Waals surface area contributed by atoms with Crippen molar-refractivity contribution >= 4 is 0 Å². The molecule has 4 atom stereocenters. The molecule has 1 aliphatic rings. The van der Waals surface area contributed by atoms with E-state index < -0.39 is 0 Å². The fourth-order valence-corrected chi connectivity index (χ4v) is 3.56. The summed E-state index contributed by atoms with van der Waals surface area (Å²) in [5.41, 5.74) is 5.99. The SMILES string of the molecule is CCC1CCC(CN)C(N(CC)C(C)COC)C1. The first kappa shape index (κ1) is 15.9. The Morgan fingerprint density at radius 1 is 1.33 bits per heavy atom. The molecule has 0 heterocycles. The Bertz CT molecular complexity index is 223. The van der Waals surface area contributed by atoms with E-state index in [0.717, 1.165) is 25.6 Å². The summed E-state index contributed by atoms with van der Waals surface area (Å²) in [6.45, 7) is 9.60. The van der Waals surface area contributed by atoms with Gasteiger partial charge in [-0.2, -0.15) is 0 Å². The molecule has 4 unspecified atom stereocenters. The topological polar surface area (TPSA) is 38.5 Å². The average molecular weight is 256 g/mol. The molecule has 0 aromatic heterocycles. The molecule has 1 rings (SSSR count). The Labute approximate surface area is 113 Å². The predicted molar refractivity (Wildman–Crippen MR) is 77.7 cm³/mol. The van der Waals surface area contributed by atoms with Crippen molar-refractivity contribution in [2.45, 2.75) is 58.5 Å². The minimum atomic E-state index is 0.495. The second kappa shape index (κ2) is 8.13. The zero-order chi connectivity index (χ0) is 13.5. The van der Waals surface area contributed by atoms with E-state index in [4.69, 9.17) is 10.5 Å². The van der Waals surface area contributed by atoms with Gasteiger partial charge < -0.3 is 10.5 Å². The molecular weight excluding hydrogens is 224 g/mol. The quantitative estimate of drug-likeness (QED) is 0.760. The monoisotopic (exact) mass is 256 g/mol. The summed E-state index contributed by atoms with van der Waals surface area (Å²) >= 11 is 0. The molecule has 0 amide bonds. The van der Waals surface area contributed by atoms with Gasteiger partial charge in [0.15, 0.2) is 0 Å². The standard InChI is InChI=1S/C15H32N2O/c1-5-13-7-8-14(10-16)15(9-13)17(6-2)12(3)11-18-4/h12-15H,5-11,16H2,1-4H3. The molecule has 0 aliphatic heterocycles. The van der Waals surface area contributed by atoms with Crippen LogP contribution in [0.3, 0.4) is 0 Å². The third-order valence-electron chi connectivity index (χ3n) is 4.71. The van der Waals surface area contributed by atoms with Gasteiger partial charge >= 0.3 is 0 Å². The van der Waals surface area contributed by atoms with Gasteiger partial charge in [0.25, 0.3) is 0 Å². The summed E-state index contributed by atoms with van der Waals surface area (Å²) in [4.78, 5) is 2.61. The lowest BCUT2D eigenvalue weighted by Gasteiger charge is -2.44. The van der Waals surface area contributed by atoms with Gasteiger partial charge in [-0.15, -0.1) is 0 Å². The maximum atomic E-state index is 5.99. The van der Waals surface area contributed by atoms with Gasteiger partial charge in [-0.25, -0.2) is 0 Å².